The minimum absolute atomic E-state index is 1.02. The maximum absolute atomic E-state index is 3.69. The molecule has 282 valence electrons. The summed E-state index contributed by atoms with van der Waals surface area (Å²) in [6.45, 7) is 0. The van der Waals surface area contributed by atoms with Crippen molar-refractivity contribution in [2.75, 3.05) is 15.5 Å². The number of aromatic nitrogens is 1. The van der Waals surface area contributed by atoms with Crippen LogP contribution in [-0.2, 0) is 0 Å². The van der Waals surface area contributed by atoms with Crippen LogP contribution in [0.5, 0.6) is 0 Å². The molecule has 2 N–H and O–H groups in total. The quantitative estimate of drug-likeness (QED) is 0.137. The van der Waals surface area contributed by atoms with E-state index in [-0.39, 0.29) is 0 Å². The van der Waals surface area contributed by atoms with Gasteiger partial charge in [0.2, 0.25) is 0 Å². The van der Waals surface area contributed by atoms with Gasteiger partial charge in [-0.05, 0) is 115 Å². The monoisotopic (exact) mass is 776 g/mol. The fourth-order valence-electron chi connectivity index (χ4n) is 7.90. The van der Waals surface area contributed by atoms with Crippen molar-refractivity contribution in [1.29, 1.82) is 0 Å². The number of benzene rings is 9. The van der Waals surface area contributed by atoms with E-state index in [0.29, 0.717) is 0 Å². The van der Waals surface area contributed by atoms with E-state index in [1.807, 2.05) is 0 Å². The standard InChI is InChI=1S/C54H40N4S/c1-4-17-39(18-5-1)46-23-10-12-25-48(46)55-40-31-35-43(36-32-40)57(42-19-6-2-7-20-42)51-28-16-29-52-54(51)47-24-11-14-27-50(47)58(52)44-37-33-41(34-38-44)56-49-26-13-15-30-53(49)59-45-21-8-3-9-22-45/h1-38,55-56H. The van der Waals surface area contributed by atoms with Gasteiger partial charge in [0, 0.05) is 60.3 Å². The summed E-state index contributed by atoms with van der Waals surface area (Å²) in [4.78, 5) is 4.77. The summed E-state index contributed by atoms with van der Waals surface area (Å²) in [5.41, 5.74) is 13.2. The molecule has 10 aromatic rings. The second-order valence-electron chi connectivity index (χ2n) is 14.4. The maximum atomic E-state index is 3.69. The van der Waals surface area contributed by atoms with Crippen LogP contribution in [0.2, 0.25) is 0 Å². The second-order valence-corrected chi connectivity index (χ2v) is 15.5. The molecule has 0 spiro atoms. The first kappa shape index (κ1) is 35.9. The zero-order chi connectivity index (χ0) is 39.4. The van der Waals surface area contributed by atoms with Crippen LogP contribution in [0.25, 0.3) is 38.6 Å². The first-order valence-electron chi connectivity index (χ1n) is 19.9. The Hall–Kier alpha value is -7.47. The minimum atomic E-state index is 1.02. The predicted octanol–water partition coefficient (Wildman–Crippen LogP) is 15.6. The fourth-order valence-corrected chi connectivity index (χ4v) is 8.83. The van der Waals surface area contributed by atoms with Gasteiger partial charge in [-0.2, -0.15) is 0 Å². The molecular formula is C54H40N4S. The lowest BCUT2D eigenvalue weighted by Gasteiger charge is -2.27. The van der Waals surface area contributed by atoms with Gasteiger partial charge in [0.05, 0.1) is 22.4 Å². The van der Waals surface area contributed by atoms with E-state index >= 15 is 0 Å². The van der Waals surface area contributed by atoms with Crippen LogP contribution in [0, 0.1) is 0 Å². The number of para-hydroxylation sites is 4. The Kier molecular flexibility index (Phi) is 9.85. The number of hydrogen-bond acceptors (Lipinski definition) is 4. The average Bonchev–Trinajstić information content (AvgIpc) is 3.64. The Morgan fingerprint density at radius 1 is 0.407 bits per heavy atom. The Labute approximate surface area is 349 Å². The summed E-state index contributed by atoms with van der Waals surface area (Å²) in [5, 5.41) is 9.77. The van der Waals surface area contributed by atoms with Crippen molar-refractivity contribution >= 4 is 73.4 Å². The SMILES string of the molecule is c1ccc(Sc2ccccc2Nc2ccc(-n3c4ccccc4c4c(N(c5ccccc5)c5ccc(Nc6ccccc6-c6ccccc6)cc5)cccc43)cc2)cc1. The molecule has 0 saturated heterocycles. The number of nitrogens with zero attached hydrogens (tertiary/aromatic N) is 2. The number of hydrogen-bond donors (Lipinski definition) is 2. The highest BCUT2D eigenvalue weighted by Gasteiger charge is 2.21. The van der Waals surface area contributed by atoms with Gasteiger partial charge < -0.3 is 20.1 Å². The van der Waals surface area contributed by atoms with Gasteiger partial charge in [-0.15, -0.1) is 0 Å². The van der Waals surface area contributed by atoms with Gasteiger partial charge in [0.15, 0.2) is 0 Å². The minimum Gasteiger partial charge on any atom is -0.355 e. The third-order valence-electron chi connectivity index (χ3n) is 10.6. The topological polar surface area (TPSA) is 32.2 Å². The molecule has 59 heavy (non-hydrogen) atoms. The van der Waals surface area contributed by atoms with Crippen molar-refractivity contribution in [2.45, 2.75) is 9.79 Å². The smallest absolute Gasteiger partial charge is 0.0562 e. The molecular weight excluding hydrogens is 737 g/mol. The Bertz CT molecular complexity index is 3000. The van der Waals surface area contributed by atoms with Gasteiger partial charge in [-0.3, -0.25) is 0 Å². The van der Waals surface area contributed by atoms with Crippen LogP contribution in [0.3, 0.4) is 0 Å². The van der Waals surface area contributed by atoms with Crippen molar-refractivity contribution in [1.82, 2.24) is 4.57 Å². The number of rotatable bonds is 11. The zero-order valence-corrected chi connectivity index (χ0v) is 33.1. The van der Waals surface area contributed by atoms with Crippen molar-refractivity contribution in [3.05, 3.63) is 231 Å². The molecule has 0 aliphatic heterocycles. The lowest BCUT2D eigenvalue weighted by molar-refractivity contribution is 1.18. The third kappa shape index (κ3) is 7.32. The highest BCUT2D eigenvalue weighted by atomic mass is 32.2. The van der Waals surface area contributed by atoms with E-state index in [4.69, 9.17) is 0 Å². The lowest BCUT2D eigenvalue weighted by Crippen LogP contribution is -2.10. The van der Waals surface area contributed by atoms with Crippen molar-refractivity contribution in [3.63, 3.8) is 0 Å². The van der Waals surface area contributed by atoms with Gasteiger partial charge >= 0.3 is 0 Å². The first-order valence-corrected chi connectivity index (χ1v) is 20.7. The summed E-state index contributed by atoms with van der Waals surface area (Å²) in [6.07, 6.45) is 0. The third-order valence-corrected chi connectivity index (χ3v) is 11.7. The van der Waals surface area contributed by atoms with Crippen molar-refractivity contribution < 1.29 is 0 Å². The predicted molar refractivity (Wildman–Crippen MR) is 251 cm³/mol. The highest BCUT2D eigenvalue weighted by Crippen LogP contribution is 2.44. The van der Waals surface area contributed by atoms with E-state index in [0.717, 1.165) is 56.5 Å². The van der Waals surface area contributed by atoms with E-state index in [1.54, 1.807) is 11.8 Å². The van der Waals surface area contributed by atoms with Crippen molar-refractivity contribution in [2.24, 2.45) is 0 Å². The van der Waals surface area contributed by atoms with Crippen LogP contribution in [-0.4, -0.2) is 4.57 Å². The van der Waals surface area contributed by atoms with E-state index in [1.165, 1.54) is 31.7 Å². The summed E-state index contributed by atoms with van der Waals surface area (Å²) < 4.78 is 2.39. The lowest BCUT2D eigenvalue weighted by atomic mass is 10.0. The molecule has 0 unspecified atom stereocenters. The molecule has 5 heteroatoms. The molecule has 1 heterocycles. The summed E-state index contributed by atoms with van der Waals surface area (Å²) in [5.74, 6) is 0. The number of nitrogens with one attached hydrogen (secondary N) is 2. The Morgan fingerprint density at radius 3 is 1.73 bits per heavy atom. The molecule has 9 aromatic carbocycles. The van der Waals surface area contributed by atoms with Crippen LogP contribution >= 0.6 is 11.8 Å². The molecule has 0 atom stereocenters. The van der Waals surface area contributed by atoms with Crippen LogP contribution < -0.4 is 15.5 Å². The molecule has 0 amide bonds. The second kappa shape index (κ2) is 16.2. The van der Waals surface area contributed by atoms with E-state index < -0.39 is 0 Å². The van der Waals surface area contributed by atoms with E-state index in [2.05, 4.69) is 251 Å². The largest absolute Gasteiger partial charge is 0.355 e. The maximum Gasteiger partial charge on any atom is 0.0562 e. The van der Waals surface area contributed by atoms with Gasteiger partial charge in [-0.25, -0.2) is 0 Å². The normalized spacial score (nSPS) is 11.1. The number of fused-ring (bicyclic) bond motifs is 3. The molecule has 0 bridgehead atoms. The molecule has 0 aliphatic carbocycles. The number of anilines is 7. The Morgan fingerprint density at radius 2 is 0.966 bits per heavy atom. The zero-order valence-electron chi connectivity index (χ0n) is 32.2. The molecule has 10 rings (SSSR count). The molecule has 4 nitrogen and oxygen atoms in total. The van der Waals surface area contributed by atoms with Gasteiger partial charge in [0.25, 0.3) is 0 Å². The molecule has 0 radical (unpaired) electrons. The average molecular weight is 777 g/mol. The molecule has 0 fully saturated rings. The van der Waals surface area contributed by atoms with Crippen LogP contribution in [0.4, 0.5) is 39.8 Å². The molecule has 0 saturated carbocycles. The molecule has 0 aliphatic rings. The van der Waals surface area contributed by atoms with Crippen LogP contribution in [0.1, 0.15) is 0 Å². The molecule has 1 aromatic heterocycles. The summed E-state index contributed by atoms with van der Waals surface area (Å²) in [6, 6.07) is 81.6. The van der Waals surface area contributed by atoms with Crippen molar-refractivity contribution in [3.8, 4) is 16.8 Å². The summed E-state index contributed by atoms with van der Waals surface area (Å²) in [7, 11) is 0. The highest BCUT2D eigenvalue weighted by molar-refractivity contribution is 7.99. The van der Waals surface area contributed by atoms with E-state index in [9.17, 15) is 0 Å². The summed E-state index contributed by atoms with van der Waals surface area (Å²) >= 11 is 1.76. The van der Waals surface area contributed by atoms with Crippen LogP contribution in [0.15, 0.2) is 240 Å². The Balaban J connectivity index is 1.01. The van der Waals surface area contributed by atoms with Gasteiger partial charge in [-0.1, -0.05) is 133 Å². The fraction of sp³-hybridized carbons (Fsp3) is 0. The first-order chi connectivity index (χ1) is 29.3. The van der Waals surface area contributed by atoms with Gasteiger partial charge in [0.1, 0.15) is 0 Å².